The lowest BCUT2D eigenvalue weighted by Gasteiger charge is -2.37. The molecule has 0 aliphatic carbocycles. The third-order valence-corrected chi connectivity index (χ3v) is 2.71. The predicted molar refractivity (Wildman–Crippen MR) is 54.3 cm³/mol. The summed E-state index contributed by atoms with van der Waals surface area (Å²) >= 11 is 0. The van der Waals surface area contributed by atoms with Gasteiger partial charge >= 0.3 is 12.1 Å². The summed E-state index contributed by atoms with van der Waals surface area (Å²) in [5.41, 5.74) is -1.45. The number of rotatable bonds is 6. The van der Waals surface area contributed by atoms with Crippen molar-refractivity contribution in [3.05, 3.63) is 0 Å². The van der Waals surface area contributed by atoms with Crippen LogP contribution in [0.2, 0.25) is 0 Å². The number of halogens is 3. The van der Waals surface area contributed by atoms with Crippen LogP contribution in [0.5, 0.6) is 0 Å². The summed E-state index contributed by atoms with van der Waals surface area (Å²) in [5, 5.41) is 9.02. The fourth-order valence-corrected chi connectivity index (χ4v) is 1.50. The fourth-order valence-electron chi connectivity index (χ4n) is 1.50. The molecule has 0 rings (SSSR count). The molecule has 0 aromatic carbocycles. The van der Waals surface area contributed by atoms with Crippen LogP contribution in [0.4, 0.5) is 13.2 Å². The molecule has 0 spiro atoms. The molecular formula is C10H18F3NO2. The van der Waals surface area contributed by atoms with Crippen molar-refractivity contribution < 1.29 is 23.1 Å². The third-order valence-electron chi connectivity index (χ3n) is 2.71. The van der Waals surface area contributed by atoms with Crippen LogP contribution in [0.25, 0.3) is 0 Å². The summed E-state index contributed by atoms with van der Waals surface area (Å²) in [6, 6.07) is 0. The highest BCUT2D eigenvalue weighted by Crippen LogP contribution is 2.25. The molecule has 0 saturated carbocycles. The van der Waals surface area contributed by atoms with E-state index >= 15 is 0 Å². The number of aliphatic carboxylic acids is 1. The molecule has 0 saturated heterocycles. The Labute approximate surface area is 93.2 Å². The SMILES string of the molecule is CCCN(CC(F)(F)F)C(C)(CC)C(=O)O. The highest BCUT2D eigenvalue weighted by molar-refractivity contribution is 5.78. The molecule has 1 N–H and O–H groups in total. The van der Waals surface area contributed by atoms with E-state index in [2.05, 4.69) is 0 Å². The zero-order valence-corrected chi connectivity index (χ0v) is 9.76. The van der Waals surface area contributed by atoms with Gasteiger partial charge in [-0.3, -0.25) is 9.69 Å². The second-order valence-electron chi connectivity index (χ2n) is 3.97. The highest BCUT2D eigenvalue weighted by atomic mass is 19.4. The van der Waals surface area contributed by atoms with Crippen LogP contribution in [-0.2, 0) is 4.79 Å². The molecule has 3 nitrogen and oxygen atoms in total. The Bertz CT molecular complexity index is 243. The number of hydrogen-bond donors (Lipinski definition) is 1. The lowest BCUT2D eigenvalue weighted by molar-refractivity contribution is -0.172. The molecule has 0 bridgehead atoms. The Morgan fingerprint density at radius 3 is 2.06 bits per heavy atom. The van der Waals surface area contributed by atoms with Crippen LogP contribution in [0.15, 0.2) is 0 Å². The summed E-state index contributed by atoms with van der Waals surface area (Å²) in [6.07, 6.45) is -3.75. The van der Waals surface area contributed by atoms with E-state index in [-0.39, 0.29) is 13.0 Å². The van der Waals surface area contributed by atoms with Crippen molar-refractivity contribution in [2.24, 2.45) is 0 Å². The first kappa shape index (κ1) is 15.2. The Hall–Kier alpha value is -0.780. The van der Waals surface area contributed by atoms with E-state index in [1.807, 2.05) is 0 Å². The Balaban J connectivity index is 4.93. The Morgan fingerprint density at radius 1 is 1.31 bits per heavy atom. The number of alkyl halides is 3. The monoisotopic (exact) mass is 241 g/mol. The van der Waals surface area contributed by atoms with Crippen molar-refractivity contribution in [2.45, 2.75) is 45.3 Å². The predicted octanol–water partition coefficient (Wildman–Crippen LogP) is 2.51. The van der Waals surface area contributed by atoms with E-state index in [0.717, 1.165) is 4.90 Å². The number of carbonyl (C=O) groups is 1. The van der Waals surface area contributed by atoms with Crippen molar-refractivity contribution in [1.82, 2.24) is 4.90 Å². The van der Waals surface area contributed by atoms with Gasteiger partial charge in [0, 0.05) is 0 Å². The first-order valence-electron chi connectivity index (χ1n) is 5.22. The number of hydrogen-bond acceptors (Lipinski definition) is 2. The van der Waals surface area contributed by atoms with E-state index < -0.39 is 24.2 Å². The van der Waals surface area contributed by atoms with Crippen molar-refractivity contribution >= 4 is 5.97 Å². The Morgan fingerprint density at radius 2 is 1.81 bits per heavy atom. The molecule has 0 aromatic rings. The molecule has 0 amide bonds. The molecule has 0 radical (unpaired) electrons. The quantitative estimate of drug-likeness (QED) is 0.776. The summed E-state index contributed by atoms with van der Waals surface area (Å²) < 4.78 is 37.0. The van der Waals surface area contributed by atoms with Gasteiger partial charge in [0.15, 0.2) is 0 Å². The average molecular weight is 241 g/mol. The van der Waals surface area contributed by atoms with E-state index in [1.165, 1.54) is 6.92 Å². The highest BCUT2D eigenvalue weighted by Gasteiger charge is 2.43. The maximum Gasteiger partial charge on any atom is 0.401 e. The number of carboxylic acid groups (broad SMARTS) is 1. The molecular weight excluding hydrogens is 223 g/mol. The topological polar surface area (TPSA) is 40.5 Å². The van der Waals surface area contributed by atoms with Gasteiger partial charge in [0.25, 0.3) is 0 Å². The van der Waals surface area contributed by atoms with Crippen LogP contribution in [-0.4, -0.2) is 40.8 Å². The lowest BCUT2D eigenvalue weighted by atomic mass is 9.96. The maximum absolute atomic E-state index is 12.3. The number of carboxylic acids is 1. The van der Waals surface area contributed by atoms with E-state index in [1.54, 1.807) is 13.8 Å². The third kappa shape index (κ3) is 4.00. The van der Waals surface area contributed by atoms with Crippen LogP contribution in [0.3, 0.4) is 0 Å². The number of nitrogens with zero attached hydrogens (tertiary/aromatic N) is 1. The van der Waals surface area contributed by atoms with Crippen LogP contribution in [0.1, 0.15) is 33.6 Å². The zero-order valence-electron chi connectivity index (χ0n) is 9.76. The molecule has 0 aliphatic heterocycles. The van der Waals surface area contributed by atoms with Gasteiger partial charge in [-0.05, 0) is 26.3 Å². The van der Waals surface area contributed by atoms with Gasteiger partial charge < -0.3 is 5.11 Å². The molecule has 0 aromatic heterocycles. The lowest BCUT2D eigenvalue weighted by Crippen LogP contribution is -2.55. The van der Waals surface area contributed by atoms with Crippen molar-refractivity contribution in [3.63, 3.8) is 0 Å². The second-order valence-corrected chi connectivity index (χ2v) is 3.97. The first-order valence-corrected chi connectivity index (χ1v) is 5.22. The Kier molecular flexibility index (Phi) is 5.25. The second kappa shape index (κ2) is 5.52. The van der Waals surface area contributed by atoms with Crippen LogP contribution < -0.4 is 0 Å². The minimum Gasteiger partial charge on any atom is -0.480 e. The molecule has 0 aliphatic rings. The molecule has 1 unspecified atom stereocenters. The van der Waals surface area contributed by atoms with Gasteiger partial charge in [0.05, 0.1) is 6.54 Å². The molecule has 16 heavy (non-hydrogen) atoms. The summed E-state index contributed by atoms with van der Waals surface area (Å²) in [4.78, 5) is 12.0. The molecule has 6 heteroatoms. The van der Waals surface area contributed by atoms with Gasteiger partial charge in [-0.15, -0.1) is 0 Å². The minimum atomic E-state index is -4.37. The van der Waals surface area contributed by atoms with E-state index in [4.69, 9.17) is 5.11 Å². The van der Waals surface area contributed by atoms with Gasteiger partial charge in [-0.25, -0.2) is 0 Å². The van der Waals surface area contributed by atoms with Crippen molar-refractivity contribution in [3.8, 4) is 0 Å². The van der Waals surface area contributed by atoms with Gasteiger partial charge in [-0.2, -0.15) is 13.2 Å². The minimum absolute atomic E-state index is 0.121. The fraction of sp³-hybridized carbons (Fsp3) is 0.900. The largest absolute Gasteiger partial charge is 0.480 e. The van der Waals surface area contributed by atoms with Crippen molar-refractivity contribution in [2.75, 3.05) is 13.1 Å². The van der Waals surface area contributed by atoms with Crippen molar-refractivity contribution in [1.29, 1.82) is 0 Å². The van der Waals surface area contributed by atoms with E-state index in [0.29, 0.717) is 6.42 Å². The average Bonchev–Trinajstić information content (AvgIpc) is 2.13. The molecule has 0 fully saturated rings. The summed E-state index contributed by atoms with van der Waals surface area (Å²) in [7, 11) is 0. The smallest absolute Gasteiger partial charge is 0.401 e. The van der Waals surface area contributed by atoms with Crippen LogP contribution in [0, 0.1) is 0 Å². The summed E-state index contributed by atoms with van der Waals surface area (Å²) in [5.74, 6) is -1.22. The standard InChI is InChI=1S/C10H18F3NO2/c1-4-6-14(7-10(11,12)13)9(3,5-2)8(15)16/h4-7H2,1-3H3,(H,15,16). The molecule has 96 valence electrons. The summed E-state index contributed by atoms with van der Waals surface area (Å²) in [6.45, 7) is 3.57. The van der Waals surface area contributed by atoms with Gasteiger partial charge in [-0.1, -0.05) is 13.8 Å². The van der Waals surface area contributed by atoms with Crippen LogP contribution >= 0.6 is 0 Å². The van der Waals surface area contributed by atoms with Gasteiger partial charge in [0.2, 0.25) is 0 Å². The first-order chi connectivity index (χ1) is 7.17. The van der Waals surface area contributed by atoms with E-state index in [9.17, 15) is 18.0 Å². The normalized spacial score (nSPS) is 16.2. The van der Waals surface area contributed by atoms with Gasteiger partial charge in [0.1, 0.15) is 5.54 Å². The molecule has 0 heterocycles. The zero-order chi connectivity index (χ0) is 13.0. The molecule has 1 atom stereocenters. The maximum atomic E-state index is 12.3.